The largest absolute Gasteiger partial charge is 0.471 e. The minimum Gasteiger partial charge on any atom is -0.471 e. The molecule has 1 aromatic carbocycles. The number of unbranched alkanes of at least 4 members (excludes halogenated alkanes) is 1. The highest BCUT2D eigenvalue weighted by molar-refractivity contribution is 6.31. The van der Waals surface area contributed by atoms with Gasteiger partial charge >= 0.3 is 12.1 Å². The van der Waals surface area contributed by atoms with Gasteiger partial charge in [-0.2, -0.15) is 0 Å². The standard InChI is InChI=1S/C39H55ClN4O6/c1-11-14-15-16-26-24(12-2)17-20-30(26)49-37(47)43-33(38(5,6)7)35(45)44-22-31(23(4)32(44)36(46)50-39(8,9)10)48-34-27(13-3)41-28-19-18-25(40)21-29(28)42-34/h11,13,18-19,21,23-24,26,30-33H,1,3,12,14-17,20,22H2,2,4-10H3,(H,43,47). The number of esters is 1. The molecule has 2 amide bonds. The highest BCUT2D eigenvalue weighted by atomic mass is 35.5. The first-order valence-corrected chi connectivity index (χ1v) is 18.2. The first-order valence-electron chi connectivity index (χ1n) is 17.8. The second-order valence-corrected chi connectivity index (χ2v) is 16.2. The van der Waals surface area contributed by atoms with E-state index in [4.69, 9.17) is 25.8 Å². The van der Waals surface area contributed by atoms with E-state index in [9.17, 15) is 14.4 Å². The Bertz CT molecular complexity index is 1570. The molecule has 0 radical (unpaired) electrons. The van der Waals surface area contributed by atoms with Gasteiger partial charge in [0.15, 0.2) is 0 Å². The number of hydrogen-bond donors (Lipinski definition) is 1. The fourth-order valence-electron chi connectivity index (χ4n) is 7.21. The SMILES string of the molecule is C=CCCCC1C(CC)CCC1OC(=O)NC(C(=O)N1CC(Oc2nc3cc(Cl)ccc3nc2C=C)C(C)C1C(=O)OC(C)(C)C)C(C)(C)C. The molecule has 2 fully saturated rings. The van der Waals surface area contributed by atoms with Gasteiger partial charge in [-0.25, -0.2) is 19.6 Å². The van der Waals surface area contributed by atoms with Crippen molar-refractivity contribution in [2.45, 2.75) is 124 Å². The average Bonchev–Trinajstić information content (AvgIpc) is 3.57. The monoisotopic (exact) mass is 710 g/mol. The van der Waals surface area contributed by atoms with Crippen LogP contribution in [0.1, 0.15) is 99.6 Å². The highest BCUT2D eigenvalue weighted by Gasteiger charge is 2.51. The summed E-state index contributed by atoms with van der Waals surface area (Å²) in [6.07, 6.45) is 7.63. The number of ether oxygens (including phenoxy) is 3. The van der Waals surface area contributed by atoms with Gasteiger partial charge in [0.1, 0.15) is 35.6 Å². The van der Waals surface area contributed by atoms with Crippen LogP contribution in [0.15, 0.2) is 37.4 Å². The van der Waals surface area contributed by atoms with Gasteiger partial charge in [0, 0.05) is 10.9 Å². The fourth-order valence-corrected chi connectivity index (χ4v) is 7.38. The Labute approximate surface area is 302 Å². The van der Waals surface area contributed by atoms with Crippen molar-refractivity contribution in [1.82, 2.24) is 20.2 Å². The summed E-state index contributed by atoms with van der Waals surface area (Å²) in [5.74, 6) is -0.527. The summed E-state index contributed by atoms with van der Waals surface area (Å²) >= 11 is 6.23. The Kier molecular flexibility index (Phi) is 12.6. The number of nitrogens with zero attached hydrogens (tertiary/aromatic N) is 3. The molecule has 7 unspecified atom stereocenters. The predicted molar refractivity (Wildman–Crippen MR) is 197 cm³/mol. The molecule has 11 heteroatoms. The molecule has 2 aliphatic rings. The number of allylic oxidation sites excluding steroid dienone is 1. The Morgan fingerprint density at radius 2 is 1.80 bits per heavy atom. The van der Waals surface area contributed by atoms with Crippen molar-refractivity contribution in [1.29, 1.82) is 0 Å². The van der Waals surface area contributed by atoms with Gasteiger partial charge < -0.3 is 24.4 Å². The van der Waals surface area contributed by atoms with Crippen molar-refractivity contribution in [3.8, 4) is 5.88 Å². The maximum Gasteiger partial charge on any atom is 0.408 e. The van der Waals surface area contributed by atoms with Crippen LogP contribution in [0.5, 0.6) is 5.88 Å². The minimum absolute atomic E-state index is 0.0469. The van der Waals surface area contributed by atoms with E-state index in [0.717, 1.165) is 38.5 Å². The van der Waals surface area contributed by atoms with Crippen LogP contribution in [-0.4, -0.2) is 69.3 Å². The maximum atomic E-state index is 14.6. The van der Waals surface area contributed by atoms with E-state index in [-0.39, 0.29) is 24.4 Å². The van der Waals surface area contributed by atoms with E-state index < -0.39 is 53.1 Å². The van der Waals surface area contributed by atoms with Gasteiger partial charge in [0.25, 0.3) is 0 Å². The van der Waals surface area contributed by atoms with E-state index in [2.05, 4.69) is 35.4 Å². The van der Waals surface area contributed by atoms with Gasteiger partial charge in [-0.05, 0) is 94.4 Å². The number of aromatic nitrogens is 2. The first kappa shape index (κ1) is 39.1. The number of benzene rings is 1. The molecule has 1 aliphatic carbocycles. The first-order chi connectivity index (χ1) is 23.5. The molecule has 50 heavy (non-hydrogen) atoms. The Hall–Kier alpha value is -3.66. The lowest BCUT2D eigenvalue weighted by Crippen LogP contribution is -2.58. The Morgan fingerprint density at radius 3 is 2.42 bits per heavy atom. The van der Waals surface area contributed by atoms with Crippen LogP contribution in [0.2, 0.25) is 5.02 Å². The Morgan fingerprint density at radius 1 is 1.08 bits per heavy atom. The number of carbonyl (C=O) groups excluding carboxylic acids is 3. The third kappa shape index (κ3) is 9.36. The number of nitrogens with one attached hydrogen (secondary N) is 1. The summed E-state index contributed by atoms with van der Waals surface area (Å²) in [7, 11) is 0. The van der Waals surface area contributed by atoms with Gasteiger partial charge in [-0.15, -0.1) is 6.58 Å². The normalized spacial score (nSPS) is 24.5. The van der Waals surface area contributed by atoms with Crippen LogP contribution < -0.4 is 10.1 Å². The molecular weight excluding hydrogens is 656 g/mol. The second-order valence-electron chi connectivity index (χ2n) is 15.8. The summed E-state index contributed by atoms with van der Waals surface area (Å²) in [5, 5.41) is 3.40. The summed E-state index contributed by atoms with van der Waals surface area (Å²) in [5.41, 5.74) is 0.0563. The summed E-state index contributed by atoms with van der Waals surface area (Å²) < 4.78 is 18.3. The summed E-state index contributed by atoms with van der Waals surface area (Å²) in [6, 6.07) is 3.20. The topological polar surface area (TPSA) is 120 Å². The molecule has 2 heterocycles. The van der Waals surface area contributed by atoms with Crippen molar-refractivity contribution in [2.24, 2.45) is 23.2 Å². The molecule has 0 bridgehead atoms. The number of rotatable bonds is 12. The van der Waals surface area contributed by atoms with E-state index in [1.807, 2.05) is 33.8 Å². The number of likely N-dealkylation sites (tertiary alicyclic amines) is 1. The molecule has 7 atom stereocenters. The van der Waals surface area contributed by atoms with Crippen LogP contribution in [0, 0.1) is 23.2 Å². The average molecular weight is 711 g/mol. The molecule has 4 rings (SSSR count). The van der Waals surface area contributed by atoms with Crippen LogP contribution in [-0.2, 0) is 19.1 Å². The van der Waals surface area contributed by atoms with Crippen molar-refractivity contribution in [3.05, 3.63) is 48.1 Å². The van der Waals surface area contributed by atoms with E-state index >= 15 is 0 Å². The molecule has 1 N–H and O–H groups in total. The molecule has 1 saturated carbocycles. The van der Waals surface area contributed by atoms with Crippen LogP contribution in [0.3, 0.4) is 0 Å². The fraction of sp³-hybridized carbons (Fsp3) is 0.615. The van der Waals surface area contributed by atoms with E-state index in [1.54, 1.807) is 45.0 Å². The molecule has 0 spiro atoms. The van der Waals surface area contributed by atoms with Gasteiger partial charge in [-0.1, -0.05) is 65.3 Å². The second kappa shape index (κ2) is 16.1. The molecule has 274 valence electrons. The lowest BCUT2D eigenvalue weighted by molar-refractivity contribution is -0.165. The molecule has 1 saturated heterocycles. The number of amides is 2. The maximum absolute atomic E-state index is 14.6. The van der Waals surface area contributed by atoms with Crippen LogP contribution in [0.25, 0.3) is 17.1 Å². The number of halogens is 1. The Balaban J connectivity index is 1.61. The van der Waals surface area contributed by atoms with E-state index in [1.165, 1.54) is 4.90 Å². The third-order valence-corrected chi connectivity index (χ3v) is 10.0. The zero-order valence-electron chi connectivity index (χ0n) is 31.0. The minimum atomic E-state index is -1.00. The van der Waals surface area contributed by atoms with Gasteiger partial charge in [0.05, 0.1) is 17.6 Å². The smallest absolute Gasteiger partial charge is 0.408 e. The van der Waals surface area contributed by atoms with Gasteiger partial charge in [0.2, 0.25) is 11.8 Å². The quantitative estimate of drug-likeness (QED) is 0.133. The number of carbonyl (C=O) groups is 3. The number of alkyl carbamates (subject to hydrolysis) is 1. The predicted octanol–water partition coefficient (Wildman–Crippen LogP) is 8.16. The molecular formula is C39H55ClN4O6. The van der Waals surface area contributed by atoms with Crippen molar-refractivity contribution < 1.29 is 28.6 Å². The van der Waals surface area contributed by atoms with Crippen LogP contribution in [0.4, 0.5) is 4.79 Å². The number of hydrogen-bond acceptors (Lipinski definition) is 8. The zero-order chi connectivity index (χ0) is 37.0. The lowest BCUT2D eigenvalue weighted by Gasteiger charge is -2.36. The van der Waals surface area contributed by atoms with Crippen LogP contribution >= 0.6 is 11.6 Å². The molecule has 10 nitrogen and oxygen atoms in total. The molecule has 1 aliphatic heterocycles. The zero-order valence-corrected chi connectivity index (χ0v) is 31.7. The van der Waals surface area contributed by atoms with E-state index in [0.29, 0.717) is 27.7 Å². The molecule has 2 aromatic rings. The highest BCUT2D eigenvalue weighted by Crippen LogP contribution is 2.40. The summed E-state index contributed by atoms with van der Waals surface area (Å²) in [4.78, 5) is 52.7. The van der Waals surface area contributed by atoms with Crippen molar-refractivity contribution >= 4 is 46.7 Å². The third-order valence-electron chi connectivity index (χ3n) is 9.81. The number of fused-ring (bicyclic) bond motifs is 1. The summed E-state index contributed by atoms with van der Waals surface area (Å²) in [6.45, 7) is 22.8. The van der Waals surface area contributed by atoms with Crippen molar-refractivity contribution in [3.63, 3.8) is 0 Å². The molecule has 1 aromatic heterocycles. The van der Waals surface area contributed by atoms with Gasteiger partial charge in [-0.3, -0.25) is 4.79 Å². The van der Waals surface area contributed by atoms with Crippen molar-refractivity contribution in [2.75, 3.05) is 6.54 Å². The lowest BCUT2D eigenvalue weighted by atomic mass is 9.85.